The van der Waals surface area contributed by atoms with Gasteiger partial charge in [0.2, 0.25) is 5.91 Å². The molecule has 1 amide bonds. The summed E-state index contributed by atoms with van der Waals surface area (Å²) in [7, 11) is 1.66. The van der Waals surface area contributed by atoms with Gasteiger partial charge in [0, 0.05) is 32.7 Å². The van der Waals surface area contributed by atoms with E-state index in [0.717, 1.165) is 17.3 Å². The molecule has 0 bridgehead atoms. The monoisotopic (exact) mass is 347 g/mol. The number of hydrogen-bond acceptors (Lipinski definition) is 4. The third-order valence-electron chi connectivity index (χ3n) is 3.92. The summed E-state index contributed by atoms with van der Waals surface area (Å²) in [4.78, 5) is 16.6. The highest BCUT2D eigenvalue weighted by atomic mass is 32.2. The van der Waals surface area contributed by atoms with Crippen molar-refractivity contribution in [1.82, 2.24) is 14.9 Å². The number of thioether (sulfide) groups is 1. The molecular weight excluding hydrogens is 322 g/mol. The summed E-state index contributed by atoms with van der Waals surface area (Å²) in [6, 6.07) is 6.21. The summed E-state index contributed by atoms with van der Waals surface area (Å²) in [5.41, 5.74) is 3.55. The second-order valence-electron chi connectivity index (χ2n) is 5.70. The molecule has 1 aromatic heterocycles. The molecule has 5 nitrogen and oxygen atoms in total. The van der Waals surface area contributed by atoms with Gasteiger partial charge in [-0.3, -0.25) is 9.36 Å². The van der Waals surface area contributed by atoms with Crippen molar-refractivity contribution in [2.75, 3.05) is 20.3 Å². The molecule has 6 heteroatoms. The number of carbonyl (C=O) groups excluding carboxylic acids is 1. The van der Waals surface area contributed by atoms with Gasteiger partial charge in [0.05, 0.1) is 10.9 Å². The Morgan fingerprint density at radius 1 is 1.42 bits per heavy atom. The second kappa shape index (κ2) is 8.89. The van der Waals surface area contributed by atoms with Gasteiger partial charge in [-0.25, -0.2) is 4.98 Å². The molecule has 130 valence electrons. The maximum Gasteiger partial charge on any atom is 0.233 e. The van der Waals surface area contributed by atoms with Gasteiger partial charge in [-0.2, -0.15) is 0 Å². The van der Waals surface area contributed by atoms with Crippen molar-refractivity contribution in [2.45, 2.75) is 37.6 Å². The molecule has 0 fully saturated rings. The van der Waals surface area contributed by atoms with E-state index in [1.165, 1.54) is 22.9 Å². The van der Waals surface area contributed by atoms with E-state index < -0.39 is 0 Å². The molecule has 1 unspecified atom stereocenters. The topological polar surface area (TPSA) is 56.1 Å². The van der Waals surface area contributed by atoms with Crippen LogP contribution in [0.5, 0.6) is 0 Å². The van der Waals surface area contributed by atoms with E-state index in [0.29, 0.717) is 13.2 Å². The Morgan fingerprint density at radius 3 is 2.96 bits per heavy atom. The summed E-state index contributed by atoms with van der Waals surface area (Å²) in [6.45, 7) is 7.38. The Kier molecular flexibility index (Phi) is 6.87. The third kappa shape index (κ3) is 4.61. The maximum atomic E-state index is 12.2. The molecule has 0 aliphatic rings. The number of imidazole rings is 1. The number of ether oxygens (including phenoxy) is 1. The number of amides is 1. The first-order valence-electron chi connectivity index (χ1n) is 8.08. The van der Waals surface area contributed by atoms with Crippen LogP contribution in [-0.4, -0.2) is 41.0 Å². The lowest BCUT2D eigenvalue weighted by atomic mass is 10.1. The molecule has 0 spiro atoms. The smallest absolute Gasteiger partial charge is 0.233 e. The summed E-state index contributed by atoms with van der Waals surface area (Å²) in [6.07, 6.45) is 4.53. The van der Waals surface area contributed by atoms with E-state index in [1.54, 1.807) is 13.3 Å². The fraction of sp³-hybridized carbons (Fsp3) is 0.444. The van der Waals surface area contributed by atoms with Crippen LogP contribution in [0.3, 0.4) is 0 Å². The largest absolute Gasteiger partial charge is 0.385 e. The fourth-order valence-corrected chi connectivity index (χ4v) is 3.24. The van der Waals surface area contributed by atoms with Crippen LogP contribution in [0.15, 0.2) is 35.7 Å². The van der Waals surface area contributed by atoms with Crippen LogP contribution in [0.1, 0.15) is 24.5 Å². The number of nitrogens with zero attached hydrogens (tertiary/aromatic N) is 2. The fourth-order valence-electron chi connectivity index (χ4n) is 2.34. The van der Waals surface area contributed by atoms with Crippen molar-refractivity contribution < 1.29 is 9.53 Å². The van der Waals surface area contributed by atoms with Crippen molar-refractivity contribution in [3.05, 3.63) is 41.7 Å². The number of aromatic nitrogens is 2. The highest BCUT2D eigenvalue weighted by Crippen LogP contribution is 2.27. The number of rotatable bonds is 8. The number of nitrogens with one attached hydrogen (secondary N) is 1. The van der Waals surface area contributed by atoms with Crippen molar-refractivity contribution in [3.63, 3.8) is 0 Å². The molecule has 24 heavy (non-hydrogen) atoms. The predicted molar refractivity (Wildman–Crippen MR) is 97.9 cm³/mol. The standard InChI is InChI=1S/C18H25N3O2S/c1-13-7-5-8-16(14(13)2)21-11-10-20-18(21)24-15(3)17(22)19-9-6-12-23-4/h5,7-8,10-11,15H,6,9,12H2,1-4H3,(H,19,22). The first-order valence-corrected chi connectivity index (χ1v) is 8.95. The zero-order valence-corrected chi connectivity index (χ0v) is 15.5. The van der Waals surface area contributed by atoms with Crippen LogP contribution in [0, 0.1) is 13.8 Å². The highest BCUT2D eigenvalue weighted by Gasteiger charge is 2.18. The van der Waals surface area contributed by atoms with E-state index >= 15 is 0 Å². The molecular formula is C18H25N3O2S. The van der Waals surface area contributed by atoms with E-state index in [9.17, 15) is 4.79 Å². The molecule has 2 aromatic rings. The van der Waals surface area contributed by atoms with Crippen molar-refractivity contribution in [2.24, 2.45) is 0 Å². The van der Waals surface area contributed by atoms with Crippen LogP contribution in [0.25, 0.3) is 5.69 Å². The SMILES string of the molecule is COCCCNC(=O)C(C)Sc1nccn1-c1cccc(C)c1C. The van der Waals surface area contributed by atoms with E-state index in [2.05, 4.69) is 36.3 Å². The molecule has 0 saturated carbocycles. The number of benzene rings is 1. The minimum absolute atomic E-state index is 0.0200. The van der Waals surface area contributed by atoms with Gasteiger partial charge in [-0.15, -0.1) is 0 Å². The summed E-state index contributed by atoms with van der Waals surface area (Å²) in [5, 5.41) is 3.55. The van der Waals surface area contributed by atoms with Crippen molar-refractivity contribution in [1.29, 1.82) is 0 Å². The lowest BCUT2D eigenvalue weighted by Crippen LogP contribution is -2.32. The van der Waals surface area contributed by atoms with Crippen LogP contribution >= 0.6 is 11.8 Å². The zero-order valence-electron chi connectivity index (χ0n) is 14.7. The molecule has 0 aliphatic heterocycles. The molecule has 1 heterocycles. The first kappa shape index (κ1) is 18.5. The van der Waals surface area contributed by atoms with Crippen molar-refractivity contribution >= 4 is 17.7 Å². The van der Waals surface area contributed by atoms with E-state index in [1.807, 2.05) is 23.8 Å². The Balaban J connectivity index is 2.05. The van der Waals surface area contributed by atoms with Gasteiger partial charge in [0.25, 0.3) is 0 Å². The van der Waals surface area contributed by atoms with E-state index in [-0.39, 0.29) is 11.2 Å². The summed E-state index contributed by atoms with van der Waals surface area (Å²) < 4.78 is 7.03. The van der Waals surface area contributed by atoms with Crippen LogP contribution in [0.2, 0.25) is 0 Å². The molecule has 1 N–H and O–H groups in total. The summed E-state index contributed by atoms with van der Waals surface area (Å²) >= 11 is 1.47. The van der Waals surface area contributed by atoms with Crippen LogP contribution in [-0.2, 0) is 9.53 Å². The number of methoxy groups -OCH3 is 1. The van der Waals surface area contributed by atoms with Gasteiger partial charge >= 0.3 is 0 Å². The van der Waals surface area contributed by atoms with Gasteiger partial charge < -0.3 is 10.1 Å². The maximum absolute atomic E-state index is 12.2. The van der Waals surface area contributed by atoms with Crippen molar-refractivity contribution in [3.8, 4) is 5.69 Å². The second-order valence-corrected chi connectivity index (χ2v) is 7.00. The third-order valence-corrected chi connectivity index (χ3v) is 5.00. The zero-order chi connectivity index (χ0) is 17.5. The van der Waals surface area contributed by atoms with Gasteiger partial charge in [-0.1, -0.05) is 23.9 Å². The first-order chi connectivity index (χ1) is 11.5. The Labute approximate surface area is 147 Å². The Morgan fingerprint density at radius 2 is 2.21 bits per heavy atom. The molecule has 0 saturated heterocycles. The Hall–Kier alpha value is -1.79. The minimum atomic E-state index is -0.209. The number of aryl methyl sites for hydroxylation is 1. The summed E-state index contributed by atoms with van der Waals surface area (Å²) in [5.74, 6) is 0.0200. The molecule has 0 aliphatic carbocycles. The highest BCUT2D eigenvalue weighted by molar-refractivity contribution is 8.00. The molecule has 2 rings (SSSR count). The predicted octanol–water partition coefficient (Wildman–Crippen LogP) is 3.12. The molecule has 1 aromatic carbocycles. The lowest BCUT2D eigenvalue weighted by molar-refractivity contribution is -0.120. The average Bonchev–Trinajstić information content (AvgIpc) is 3.01. The quantitative estimate of drug-likeness (QED) is 0.589. The van der Waals surface area contributed by atoms with Gasteiger partial charge in [0.1, 0.15) is 0 Å². The van der Waals surface area contributed by atoms with Gasteiger partial charge in [0.15, 0.2) is 5.16 Å². The Bertz CT molecular complexity index is 685. The average molecular weight is 347 g/mol. The molecule has 0 radical (unpaired) electrons. The minimum Gasteiger partial charge on any atom is -0.385 e. The normalized spacial score (nSPS) is 12.2. The van der Waals surface area contributed by atoms with Crippen LogP contribution in [0.4, 0.5) is 0 Å². The van der Waals surface area contributed by atoms with Gasteiger partial charge in [-0.05, 0) is 44.4 Å². The number of carbonyl (C=O) groups is 1. The number of hydrogen-bond donors (Lipinski definition) is 1. The van der Waals surface area contributed by atoms with E-state index in [4.69, 9.17) is 4.74 Å². The molecule has 1 atom stereocenters. The van der Waals surface area contributed by atoms with Crippen LogP contribution < -0.4 is 5.32 Å². The lowest BCUT2D eigenvalue weighted by Gasteiger charge is -2.15.